The van der Waals surface area contributed by atoms with E-state index in [1.807, 2.05) is 18.2 Å². The Labute approximate surface area is 180 Å². The number of carbonyl (C=O) groups is 2. The highest BCUT2D eigenvalue weighted by atomic mass is 32.2. The zero-order valence-corrected chi connectivity index (χ0v) is 16.9. The number of pyridine rings is 1. The number of rotatable bonds is 7. The van der Waals surface area contributed by atoms with Gasteiger partial charge in [0.25, 0.3) is 11.6 Å². The topological polar surface area (TPSA) is 114 Å². The maximum absolute atomic E-state index is 13.9. The van der Waals surface area contributed by atoms with Crippen molar-refractivity contribution in [3.63, 3.8) is 0 Å². The van der Waals surface area contributed by atoms with Crippen molar-refractivity contribution in [2.24, 2.45) is 0 Å². The number of amides is 2. The number of hydrogen-bond donors (Lipinski definition) is 2. The monoisotopic (exact) mass is 440 g/mol. The molecular weight excluding hydrogens is 423 g/mol. The van der Waals surface area contributed by atoms with Gasteiger partial charge in [-0.25, -0.2) is 9.37 Å². The summed E-state index contributed by atoms with van der Waals surface area (Å²) in [6.45, 7) is 0. The number of anilines is 1. The SMILES string of the molecule is O=C(CSc1cc(C(=O)NC2CC2)c2ccccc2n1)Nc1cc([N+](=O)[O-])ccc1F. The van der Waals surface area contributed by atoms with Crippen molar-refractivity contribution in [3.8, 4) is 0 Å². The number of fused-ring (bicyclic) bond motifs is 1. The number of hydrogen-bond acceptors (Lipinski definition) is 6. The molecule has 0 bridgehead atoms. The molecule has 2 aromatic carbocycles. The third kappa shape index (κ3) is 4.97. The molecule has 1 fully saturated rings. The second-order valence-corrected chi connectivity index (χ2v) is 8.03. The van der Waals surface area contributed by atoms with Crippen molar-refractivity contribution in [1.82, 2.24) is 10.3 Å². The largest absolute Gasteiger partial charge is 0.349 e. The highest BCUT2D eigenvalue weighted by Crippen LogP contribution is 2.27. The Morgan fingerprint density at radius 3 is 2.71 bits per heavy atom. The van der Waals surface area contributed by atoms with Gasteiger partial charge >= 0.3 is 0 Å². The Balaban J connectivity index is 1.50. The van der Waals surface area contributed by atoms with Crippen LogP contribution in [0.1, 0.15) is 23.2 Å². The van der Waals surface area contributed by atoms with Gasteiger partial charge in [0.05, 0.1) is 32.5 Å². The summed E-state index contributed by atoms with van der Waals surface area (Å²) < 4.78 is 13.9. The molecule has 0 spiro atoms. The van der Waals surface area contributed by atoms with E-state index in [2.05, 4.69) is 15.6 Å². The van der Waals surface area contributed by atoms with Crippen molar-refractivity contribution in [3.05, 3.63) is 70.0 Å². The molecule has 0 atom stereocenters. The molecule has 2 N–H and O–H groups in total. The highest BCUT2D eigenvalue weighted by Gasteiger charge is 2.25. The maximum atomic E-state index is 13.9. The zero-order valence-electron chi connectivity index (χ0n) is 16.1. The van der Waals surface area contributed by atoms with Gasteiger partial charge in [0.15, 0.2) is 0 Å². The molecule has 1 aliphatic carbocycles. The Kier molecular flexibility index (Phi) is 5.81. The van der Waals surface area contributed by atoms with Gasteiger partial charge in [0.2, 0.25) is 5.91 Å². The minimum absolute atomic E-state index is 0.114. The van der Waals surface area contributed by atoms with Crippen molar-refractivity contribution >= 4 is 45.9 Å². The number of carbonyl (C=O) groups excluding carboxylic acids is 2. The molecule has 1 aromatic heterocycles. The van der Waals surface area contributed by atoms with E-state index < -0.39 is 16.6 Å². The minimum Gasteiger partial charge on any atom is -0.349 e. The van der Waals surface area contributed by atoms with E-state index >= 15 is 0 Å². The lowest BCUT2D eigenvalue weighted by Crippen LogP contribution is -2.25. The van der Waals surface area contributed by atoms with Gasteiger partial charge in [-0.15, -0.1) is 0 Å². The first-order valence-corrected chi connectivity index (χ1v) is 10.5. The van der Waals surface area contributed by atoms with Crippen LogP contribution < -0.4 is 10.6 Å². The van der Waals surface area contributed by atoms with Crippen LogP contribution in [0.3, 0.4) is 0 Å². The first kappa shape index (κ1) is 20.7. The molecule has 8 nitrogen and oxygen atoms in total. The Bertz CT molecular complexity index is 1200. The number of para-hydroxylation sites is 1. The molecule has 4 rings (SSSR count). The summed E-state index contributed by atoms with van der Waals surface area (Å²) in [5.41, 5.74) is 0.506. The summed E-state index contributed by atoms with van der Waals surface area (Å²) in [6.07, 6.45) is 1.93. The Morgan fingerprint density at radius 2 is 1.97 bits per heavy atom. The highest BCUT2D eigenvalue weighted by molar-refractivity contribution is 7.99. The fourth-order valence-electron chi connectivity index (χ4n) is 2.95. The summed E-state index contributed by atoms with van der Waals surface area (Å²) in [4.78, 5) is 39.6. The summed E-state index contributed by atoms with van der Waals surface area (Å²) in [5, 5.41) is 17.3. The number of aromatic nitrogens is 1. The number of non-ortho nitro benzene ring substituents is 1. The third-order valence-corrected chi connectivity index (χ3v) is 5.55. The van der Waals surface area contributed by atoms with Crippen LogP contribution in [0, 0.1) is 15.9 Å². The Hall–Kier alpha value is -3.53. The van der Waals surface area contributed by atoms with Gasteiger partial charge < -0.3 is 10.6 Å². The average molecular weight is 440 g/mol. The molecule has 10 heteroatoms. The lowest BCUT2D eigenvalue weighted by atomic mass is 10.1. The van der Waals surface area contributed by atoms with E-state index in [4.69, 9.17) is 0 Å². The van der Waals surface area contributed by atoms with E-state index in [9.17, 15) is 24.1 Å². The van der Waals surface area contributed by atoms with Crippen LogP contribution in [-0.2, 0) is 4.79 Å². The number of benzene rings is 2. The quantitative estimate of drug-likeness (QED) is 0.327. The van der Waals surface area contributed by atoms with E-state index in [1.165, 1.54) is 0 Å². The molecule has 0 radical (unpaired) electrons. The van der Waals surface area contributed by atoms with Crippen LogP contribution in [0.2, 0.25) is 0 Å². The number of nitro benzene ring substituents is 1. The summed E-state index contributed by atoms with van der Waals surface area (Å²) in [6, 6.07) is 12.0. The van der Waals surface area contributed by atoms with E-state index in [-0.39, 0.29) is 29.1 Å². The molecular formula is C21H17FN4O4S. The molecule has 158 valence electrons. The van der Waals surface area contributed by atoms with Gasteiger partial charge in [-0.1, -0.05) is 30.0 Å². The van der Waals surface area contributed by atoms with Crippen molar-refractivity contribution < 1.29 is 18.9 Å². The fraction of sp³-hybridized carbons (Fsp3) is 0.190. The van der Waals surface area contributed by atoms with Crippen LogP contribution in [0.15, 0.2) is 53.6 Å². The molecule has 0 unspecified atom stereocenters. The summed E-state index contributed by atoms with van der Waals surface area (Å²) in [5.74, 6) is -1.63. The standard InChI is InChI=1S/C21H17FN4O4S/c22-16-8-7-13(26(29)30)9-18(16)24-19(27)11-31-20-10-15(21(28)23-12-5-6-12)14-3-1-2-4-17(14)25-20/h1-4,7-10,12H,5-6,11H2,(H,23,28)(H,24,27). The predicted octanol–water partition coefficient (Wildman–Crippen LogP) is 3.91. The number of thioether (sulfide) groups is 1. The van der Waals surface area contributed by atoms with Gasteiger partial charge in [0, 0.05) is 23.6 Å². The molecule has 1 aliphatic rings. The van der Waals surface area contributed by atoms with Crippen LogP contribution in [0.25, 0.3) is 10.9 Å². The number of halogens is 1. The molecule has 0 aliphatic heterocycles. The fourth-order valence-corrected chi connectivity index (χ4v) is 3.67. The van der Waals surface area contributed by atoms with Gasteiger partial charge in [-0.05, 0) is 31.0 Å². The van der Waals surface area contributed by atoms with Crippen LogP contribution in [-0.4, -0.2) is 33.5 Å². The van der Waals surface area contributed by atoms with Crippen molar-refractivity contribution in [1.29, 1.82) is 0 Å². The number of nitro groups is 1. The molecule has 1 saturated carbocycles. The smallest absolute Gasteiger partial charge is 0.271 e. The van der Waals surface area contributed by atoms with E-state index in [1.54, 1.807) is 12.1 Å². The van der Waals surface area contributed by atoms with Gasteiger partial charge in [-0.2, -0.15) is 0 Å². The van der Waals surface area contributed by atoms with Crippen LogP contribution in [0.5, 0.6) is 0 Å². The van der Waals surface area contributed by atoms with Crippen molar-refractivity contribution in [2.75, 3.05) is 11.1 Å². The second kappa shape index (κ2) is 8.68. The van der Waals surface area contributed by atoms with E-state index in [0.29, 0.717) is 21.5 Å². The number of nitrogens with zero attached hydrogens (tertiary/aromatic N) is 2. The maximum Gasteiger partial charge on any atom is 0.271 e. The first-order chi connectivity index (χ1) is 14.9. The molecule has 2 amide bonds. The van der Waals surface area contributed by atoms with Gasteiger partial charge in [0.1, 0.15) is 5.82 Å². The molecule has 31 heavy (non-hydrogen) atoms. The van der Waals surface area contributed by atoms with Crippen LogP contribution >= 0.6 is 11.8 Å². The second-order valence-electron chi connectivity index (χ2n) is 7.03. The van der Waals surface area contributed by atoms with Crippen LogP contribution in [0.4, 0.5) is 15.8 Å². The molecule has 3 aromatic rings. The van der Waals surface area contributed by atoms with Gasteiger partial charge in [-0.3, -0.25) is 19.7 Å². The molecule has 1 heterocycles. The minimum atomic E-state index is -0.771. The summed E-state index contributed by atoms with van der Waals surface area (Å²) in [7, 11) is 0. The zero-order chi connectivity index (χ0) is 22.0. The lowest BCUT2D eigenvalue weighted by Gasteiger charge is -2.10. The first-order valence-electron chi connectivity index (χ1n) is 9.48. The average Bonchev–Trinajstić information content (AvgIpc) is 3.57. The Morgan fingerprint density at radius 1 is 1.19 bits per heavy atom. The normalized spacial score (nSPS) is 13.1. The number of nitrogens with one attached hydrogen (secondary N) is 2. The molecule has 0 saturated heterocycles. The van der Waals surface area contributed by atoms with E-state index in [0.717, 1.165) is 42.8 Å². The summed E-state index contributed by atoms with van der Waals surface area (Å²) >= 11 is 1.09. The third-order valence-electron chi connectivity index (χ3n) is 4.64. The predicted molar refractivity (Wildman–Crippen MR) is 115 cm³/mol. The van der Waals surface area contributed by atoms with Crippen molar-refractivity contribution in [2.45, 2.75) is 23.9 Å². The lowest BCUT2D eigenvalue weighted by molar-refractivity contribution is -0.384.